The summed E-state index contributed by atoms with van der Waals surface area (Å²) in [4.78, 5) is 11.0. The van der Waals surface area contributed by atoms with Crippen molar-refractivity contribution in [2.24, 2.45) is 0 Å². The van der Waals surface area contributed by atoms with E-state index in [1.807, 2.05) is 0 Å². The van der Waals surface area contributed by atoms with Gasteiger partial charge in [-0.25, -0.2) is 13.6 Å². The predicted molar refractivity (Wildman–Crippen MR) is 64.2 cm³/mol. The Hall–Kier alpha value is -2.63. The van der Waals surface area contributed by atoms with Gasteiger partial charge in [0.15, 0.2) is 11.6 Å². The van der Waals surface area contributed by atoms with Crippen molar-refractivity contribution in [2.75, 3.05) is 5.73 Å². The van der Waals surface area contributed by atoms with Crippen molar-refractivity contribution in [1.29, 1.82) is 0 Å². The summed E-state index contributed by atoms with van der Waals surface area (Å²) in [7, 11) is 0. The van der Waals surface area contributed by atoms with Gasteiger partial charge in [-0.2, -0.15) is 0 Å². The zero-order valence-electron chi connectivity index (χ0n) is 9.56. The summed E-state index contributed by atoms with van der Waals surface area (Å²) >= 11 is 0. The standard InChI is InChI=1S/C13H9F2NO3/c14-7-1-4-10(15)12(5-7)19-11-6-8(16)2-3-9(11)13(17)18/h1-6H,16H2,(H,17,18). The van der Waals surface area contributed by atoms with Crippen molar-refractivity contribution >= 4 is 11.7 Å². The molecule has 2 rings (SSSR count). The minimum atomic E-state index is -1.26. The number of hydrogen-bond donors (Lipinski definition) is 2. The largest absolute Gasteiger partial charge is 0.478 e. The number of anilines is 1. The zero-order valence-corrected chi connectivity index (χ0v) is 9.56. The number of hydrogen-bond acceptors (Lipinski definition) is 3. The molecule has 2 aromatic carbocycles. The van der Waals surface area contributed by atoms with Gasteiger partial charge in [0.05, 0.1) is 0 Å². The second-order valence-electron chi connectivity index (χ2n) is 3.74. The van der Waals surface area contributed by atoms with E-state index in [4.69, 9.17) is 15.6 Å². The molecule has 0 saturated carbocycles. The molecule has 0 radical (unpaired) electrons. The number of benzene rings is 2. The quantitative estimate of drug-likeness (QED) is 0.836. The van der Waals surface area contributed by atoms with Crippen LogP contribution < -0.4 is 10.5 Å². The lowest BCUT2D eigenvalue weighted by atomic mass is 10.2. The average Bonchev–Trinajstić information content (AvgIpc) is 2.33. The lowest BCUT2D eigenvalue weighted by molar-refractivity contribution is 0.0694. The van der Waals surface area contributed by atoms with Crippen molar-refractivity contribution < 1.29 is 23.4 Å². The van der Waals surface area contributed by atoms with Crippen LogP contribution in [-0.4, -0.2) is 11.1 Å². The third-order valence-corrected chi connectivity index (χ3v) is 2.35. The van der Waals surface area contributed by atoms with Crippen molar-refractivity contribution in [1.82, 2.24) is 0 Å². The molecule has 6 heteroatoms. The van der Waals surface area contributed by atoms with E-state index < -0.39 is 23.4 Å². The molecule has 0 spiro atoms. The summed E-state index contributed by atoms with van der Waals surface area (Å²) in [5.74, 6) is -3.32. The van der Waals surface area contributed by atoms with Crippen LogP contribution in [-0.2, 0) is 0 Å². The molecule has 0 amide bonds. The molecule has 0 atom stereocenters. The lowest BCUT2D eigenvalue weighted by Crippen LogP contribution is -2.02. The fourth-order valence-electron chi connectivity index (χ4n) is 1.47. The van der Waals surface area contributed by atoms with Crippen LogP contribution >= 0.6 is 0 Å². The van der Waals surface area contributed by atoms with E-state index in [2.05, 4.69) is 0 Å². The second-order valence-corrected chi connectivity index (χ2v) is 3.74. The summed E-state index contributed by atoms with van der Waals surface area (Å²) in [6.07, 6.45) is 0. The van der Waals surface area contributed by atoms with Crippen LogP contribution in [0.25, 0.3) is 0 Å². The number of nitrogen functional groups attached to an aromatic ring is 1. The van der Waals surface area contributed by atoms with Gasteiger partial charge in [0.1, 0.15) is 17.1 Å². The van der Waals surface area contributed by atoms with Gasteiger partial charge < -0.3 is 15.6 Å². The minimum absolute atomic E-state index is 0.156. The van der Waals surface area contributed by atoms with Crippen LogP contribution in [0, 0.1) is 11.6 Å². The highest BCUT2D eigenvalue weighted by Gasteiger charge is 2.14. The number of carboxylic acids is 1. The second kappa shape index (κ2) is 4.93. The number of carbonyl (C=O) groups is 1. The first-order chi connectivity index (χ1) is 8.97. The molecule has 0 bridgehead atoms. The molecular formula is C13H9F2NO3. The number of ether oxygens (including phenoxy) is 1. The van der Waals surface area contributed by atoms with E-state index in [1.54, 1.807) is 0 Å². The summed E-state index contributed by atoms with van der Waals surface area (Å²) in [6, 6.07) is 6.47. The number of aromatic carboxylic acids is 1. The molecule has 0 aliphatic carbocycles. The van der Waals surface area contributed by atoms with Crippen LogP contribution in [0.2, 0.25) is 0 Å². The molecule has 0 aromatic heterocycles. The van der Waals surface area contributed by atoms with Gasteiger partial charge in [-0.15, -0.1) is 0 Å². The fraction of sp³-hybridized carbons (Fsp3) is 0. The Morgan fingerprint density at radius 1 is 1.11 bits per heavy atom. The fourth-order valence-corrected chi connectivity index (χ4v) is 1.47. The number of carboxylic acid groups (broad SMARTS) is 1. The van der Waals surface area contributed by atoms with E-state index in [1.165, 1.54) is 18.2 Å². The van der Waals surface area contributed by atoms with Crippen molar-refractivity contribution in [3.63, 3.8) is 0 Å². The van der Waals surface area contributed by atoms with Gasteiger partial charge in [-0.05, 0) is 24.3 Å². The van der Waals surface area contributed by atoms with E-state index >= 15 is 0 Å². The van der Waals surface area contributed by atoms with Gasteiger partial charge in [0, 0.05) is 17.8 Å². The number of nitrogens with two attached hydrogens (primary N) is 1. The monoisotopic (exact) mass is 265 g/mol. The van der Waals surface area contributed by atoms with Crippen LogP contribution in [0.4, 0.5) is 14.5 Å². The van der Waals surface area contributed by atoms with Crippen LogP contribution in [0.15, 0.2) is 36.4 Å². The third-order valence-electron chi connectivity index (χ3n) is 2.35. The third kappa shape index (κ3) is 2.79. The molecule has 0 unspecified atom stereocenters. The Balaban J connectivity index is 2.45. The van der Waals surface area contributed by atoms with Crippen LogP contribution in [0.1, 0.15) is 10.4 Å². The minimum Gasteiger partial charge on any atom is -0.478 e. The Kier molecular flexibility index (Phi) is 3.33. The molecular weight excluding hydrogens is 256 g/mol. The maximum absolute atomic E-state index is 13.4. The Morgan fingerprint density at radius 2 is 1.84 bits per heavy atom. The molecule has 2 aromatic rings. The van der Waals surface area contributed by atoms with Gasteiger partial charge in [-0.3, -0.25) is 0 Å². The van der Waals surface area contributed by atoms with Gasteiger partial charge in [0.2, 0.25) is 0 Å². The summed E-state index contributed by atoms with van der Waals surface area (Å²) in [5, 5.41) is 8.97. The van der Waals surface area contributed by atoms with Gasteiger partial charge in [0.25, 0.3) is 0 Å². The number of rotatable bonds is 3. The molecule has 3 N–H and O–H groups in total. The first-order valence-electron chi connectivity index (χ1n) is 5.23. The maximum atomic E-state index is 13.4. The molecule has 4 nitrogen and oxygen atoms in total. The Labute approximate surface area is 107 Å². The zero-order chi connectivity index (χ0) is 14.0. The smallest absolute Gasteiger partial charge is 0.339 e. The molecule has 0 aliphatic heterocycles. The van der Waals surface area contributed by atoms with E-state index in [0.717, 1.165) is 18.2 Å². The predicted octanol–water partition coefficient (Wildman–Crippen LogP) is 3.04. The normalized spacial score (nSPS) is 10.2. The summed E-state index contributed by atoms with van der Waals surface area (Å²) in [5.41, 5.74) is 5.56. The SMILES string of the molecule is Nc1ccc(C(=O)O)c(Oc2cc(F)ccc2F)c1. The first-order valence-corrected chi connectivity index (χ1v) is 5.23. The number of halogens is 2. The van der Waals surface area contributed by atoms with E-state index in [-0.39, 0.29) is 17.0 Å². The first kappa shape index (κ1) is 12.8. The lowest BCUT2D eigenvalue weighted by Gasteiger charge is -2.10. The highest BCUT2D eigenvalue weighted by Crippen LogP contribution is 2.29. The summed E-state index contributed by atoms with van der Waals surface area (Å²) < 4.78 is 31.5. The molecule has 98 valence electrons. The highest BCUT2D eigenvalue weighted by molar-refractivity contribution is 5.91. The van der Waals surface area contributed by atoms with Crippen molar-refractivity contribution in [2.45, 2.75) is 0 Å². The Morgan fingerprint density at radius 3 is 2.53 bits per heavy atom. The molecule has 0 saturated heterocycles. The van der Waals surface area contributed by atoms with Gasteiger partial charge >= 0.3 is 5.97 Å². The topological polar surface area (TPSA) is 72.6 Å². The molecule has 0 heterocycles. The Bertz CT molecular complexity index is 644. The van der Waals surface area contributed by atoms with Crippen LogP contribution in [0.3, 0.4) is 0 Å². The van der Waals surface area contributed by atoms with E-state index in [9.17, 15) is 13.6 Å². The maximum Gasteiger partial charge on any atom is 0.339 e. The van der Waals surface area contributed by atoms with E-state index in [0.29, 0.717) is 0 Å². The van der Waals surface area contributed by atoms with Crippen molar-refractivity contribution in [3.05, 3.63) is 53.6 Å². The molecule has 0 aliphatic rings. The molecule has 0 fully saturated rings. The highest BCUT2D eigenvalue weighted by atomic mass is 19.1. The van der Waals surface area contributed by atoms with Crippen LogP contribution in [0.5, 0.6) is 11.5 Å². The average molecular weight is 265 g/mol. The molecule has 19 heavy (non-hydrogen) atoms. The summed E-state index contributed by atoms with van der Waals surface area (Å²) in [6.45, 7) is 0. The van der Waals surface area contributed by atoms with Crippen molar-refractivity contribution in [3.8, 4) is 11.5 Å². The van der Waals surface area contributed by atoms with Gasteiger partial charge in [-0.1, -0.05) is 0 Å².